The fraction of sp³-hybridized carbons (Fsp3) is 0.350. The van der Waals surface area contributed by atoms with Gasteiger partial charge in [0.15, 0.2) is 0 Å². The summed E-state index contributed by atoms with van der Waals surface area (Å²) in [5, 5.41) is 12.3. The van der Waals surface area contributed by atoms with Crippen molar-refractivity contribution >= 4 is 11.6 Å². The highest BCUT2D eigenvalue weighted by atomic mass is 16.5. The second kappa shape index (κ2) is 9.20. The van der Waals surface area contributed by atoms with Gasteiger partial charge in [-0.3, -0.25) is 4.79 Å². The minimum absolute atomic E-state index is 0.151. The molecule has 2 aromatic rings. The molecule has 1 atom stereocenters. The van der Waals surface area contributed by atoms with Crippen LogP contribution in [0, 0.1) is 0 Å². The molecule has 2 N–H and O–H groups in total. The molecule has 25 heavy (non-hydrogen) atoms. The summed E-state index contributed by atoms with van der Waals surface area (Å²) in [6.45, 7) is 3.38. The third kappa shape index (κ3) is 6.21. The average Bonchev–Trinajstić information content (AvgIpc) is 2.60. The second-order valence-corrected chi connectivity index (χ2v) is 6.26. The van der Waals surface area contributed by atoms with Crippen LogP contribution < -0.4 is 10.1 Å². The number of nitrogens with zero attached hydrogens (tertiary/aromatic N) is 1. The van der Waals surface area contributed by atoms with Crippen molar-refractivity contribution < 1.29 is 14.6 Å². The van der Waals surface area contributed by atoms with Crippen LogP contribution >= 0.6 is 0 Å². The monoisotopic (exact) mass is 342 g/mol. The van der Waals surface area contributed by atoms with Crippen molar-refractivity contribution in [1.82, 2.24) is 4.90 Å². The van der Waals surface area contributed by atoms with Gasteiger partial charge in [0, 0.05) is 24.3 Å². The van der Waals surface area contributed by atoms with Gasteiger partial charge in [-0.2, -0.15) is 0 Å². The van der Waals surface area contributed by atoms with E-state index in [-0.39, 0.29) is 12.0 Å². The van der Waals surface area contributed by atoms with Crippen LogP contribution in [0.4, 0.5) is 5.69 Å². The van der Waals surface area contributed by atoms with Crippen molar-refractivity contribution in [2.45, 2.75) is 26.0 Å². The lowest BCUT2D eigenvalue weighted by molar-refractivity contribution is 0.102. The van der Waals surface area contributed by atoms with E-state index in [2.05, 4.69) is 10.2 Å². The molecule has 5 nitrogen and oxygen atoms in total. The third-order valence-electron chi connectivity index (χ3n) is 3.92. The topological polar surface area (TPSA) is 61.8 Å². The first-order chi connectivity index (χ1) is 12.0. The number of hydrogen-bond acceptors (Lipinski definition) is 4. The molecule has 0 radical (unpaired) electrons. The fourth-order valence-corrected chi connectivity index (χ4v) is 2.49. The van der Waals surface area contributed by atoms with Crippen LogP contribution in [0.1, 0.15) is 29.3 Å². The highest BCUT2D eigenvalue weighted by Crippen LogP contribution is 2.16. The van der Waals surface area contributed by atoms with Gasteiger partial charge in [0.25, 0.3) is 5.91 Å². The Kier molecular flexibility index (Phi) is 6.98. The van der Waals surface area contributed by atoms with Crippen LogP contribution in [-0.4, -0.2) is 42.7 Å². The number of rotatable bonds is 8. The highest BCUT2D eigenvalue weighted by molar-refractivity contribution is 6.04. The maximum absolute atomic E-state index is 12.3. The zero-order valence-corrected chi connectivity index (χ0v) is 15.0. The summed E-state index contributed by atoms with van der Waals surface area (Å²) in [6, 6.07) is 14.8. The predicted octanol–water partition coefficient (Wildman–Crippen LogP) is 3.15. The number of nitrogens with one attached hydrogen (secondary N) is 1. The number of methoxy groups -OCH3 is 1. The first kappa shape index (κ1) is 19.0. The van der Waals surface area contributed by atoms with Crippen molar-refractivity contribution in [2.24, 2.45) is 0 Å². The normalized spacial score (nSPS) is 12.0. The lowest BCUT2D eigenvalue weighted by Crippen LogP contribution is -2.22. The SMILES string of the molecule is COc1ccc(C(=O)Nc2cccc(CN(C)CCC(C)O)c2)cc1. The van der Waals surface area contributed by atoms with Gasteiger partial charge in [0.05, 0.1) is 13.2 Å². The number of anilines is 1. The van der Waals surface area contributed by atoms with Gasteiger partial charge in [0.2, 0.25) is 0 Å². The Bertz CT molecular complexity index is 684. The number of amides is 1. The van der Waals surface area contributed by atoms with Gasteiger partial charge in [-0.25, -0.2) is 0 Å². The highest BCUT2D eigenvalue weighted by Gasteiger charge is 2.08. The molecule has 0 spiro atoms. The molecule has 0 aliphatic rings. The number of hydrogen-bond donors (Lipinski definition) is 2. The van der Waals surface area contributed by atoms with E-state index in [0.29, 0.717) is 5.56 Å². The van der Waals surface area contributed by atoms with E-state index in [4.69, 9.17) is 4.74 Å². The van der Waals surface area contributed by atoms with E-state index in [9.17, 15) is 9.90 Å². The molecule has 0 saturated carbocycles. The zero-order chi connectivity index (χ0) is 18.2. The number of benzene rings is 2. The smallest absolute Gasteiger partial charge is 0.255 e. The summed E-state index contributed by atoms with van der Waals surface area (Å²) in [6.07, 6.45) is 0.447. The largest absolute Gasteiger partial charge is 0.497 e. The number of aliphatic hydroxyl groups is 1. The molecule has 134 valence electrons. The maximum Gasteiger partial charge on any atom is 0.255 e. The second-order valence-electron chi connectivity index (χ2n) is 6.26. The van der Waals surface area contributed by atoms with Crippen molar-refractivity contribution in [2.75, 3.05) is 26.0 Å². The fourth-order valence-electron chi connectivity index (χ4n) is 2.49. The molecule has 2 aromatic carbocycles. The molecule has 0 heterocycles. The molecule has 1 unspecified atom stereocenters. The van der Waals surface area contributed by atoms with Gasteiger partial charge >= 0.3 is 0 Å². The summed E-state index contributed by atoms with van der Waals surface area (Å²) < 4.78 is 5.10. The van der Waals surface area contributed by atoms with Crippen LogP contribution in [0.3, 0.4) is 0 Å². The van der Waals surface area contributed by atoms with Crippen LogP contribution in [0.5, 0.6) is 5.75 Å². The van der Waals surface area contributed by atoms with Crippen molar-refractivity contribution in [1.29, 1.82) is 0 Å². The van der Waals surface area contributed by atoms with Gasteiger partial charge in [-0.05, 0) is 62.4 Å². The number of ether oxygens (including phenoxy) is 1. The molecule has 1 amide bonds. The molecule has 0 saturated heterocycles. The van der Waals surface area contributed by atoms with E-state index in [1.165, 1.54) is 0 Å². The van der Waals surface area contributed by atoms with Gasteiger partial charge < -0.3 is 20.1 Å². The molecular weight excluding hydrogens is 316 g/mol. The number of carbonyl (C=O) groups is 1. The Balaban J connectivity index is 1.96. The van der Waals surface area contributed by atoms with E-state index < -0.39 is 0 Å². The van der Waals surface area contributed by atoms with Crippen LogP contribution in [0.15, 0.2) is 48.5 Å². The maximum atomic E-state index is 12.3. The van der Waals surface area contributed by atoms with Crippen molar-refractivity contribution in [3.05, 3.63) is 59.7 Å². The van der Waals surface area contributed by atoms with Crippen LogP contribution in [0.25, 0.3) is 0 Å². The Morgan fingerprint density at radius 2 is 1.96 bits per heavy atom. The number of carbonyl (C=O) groups excluding carboxylic acids is 1. The lowest BCUT2D eigenvalue weighted by Gasteiger charge is -2.18. The zero-order valence-electron chi connectivity index (χ0n) is 15.0. The minimum atomic E-state index is -0.294. The molecule has 0 aromatic heterocycles. The standard InChI is InChI=1S/C20H26N2O3/c1-15(23)11-12-22(2)14-16-5-4-6-18(13-16)21-20(24)17-7-9-19(25-3)10-8-17/h4-10,13,15,23H,11-12,14H2,1-3H3,(H,21,24). The molecule has 0 fully saturated rings. The summed E-state index contributed by atoms with van der Waals surface area (Å²) >= 11 is 0. The Labute approximate surface area is 149 Å². The first-order valence-electron chi connectivity index (χ1n) is 8.39. The van der Waals surface area contributed by atoms with Gasteiger partial charge in [-0.15, -0.1) is 0 Å². The average molecular weight is 342 g/mol. The molecule has 0 aliphatic heterocycles. The predicted molar refractivity (Wildman–Crippen MR) is 100 cm³/mol. The van der Waals surface area contributed by atoms with Gasteiger partial charge in [-0.1, -0.05) is 12.1 Å². The summed E-state index contributed by atoms with van der Waals surface area (Å²) in [5.41, 5.74) is 2.46. The van der Waals surface area contributed by atoms with Gasteiger partial charge in [0.1, 0.15) is 5.75 Å². The lowest BCUT2D eigenvalue weighted by atomic mass is 10.1. The van der Waals surface area contributed by atoms with E-state index in [0.717, 1.165) is 36.5 Å². The summed E-state index contributed by atoms with van der Waals surface area (Å²) in [5.74, 6) is 0.570. The minimum Gasteiger partial charge on any atom is -0.497 e. The number of aliphatic hydroxyl groups excluding tert-OH is 1. The quantitative estimate of drug-likeness (QED) is 0.774. The van der Waals surface area contributed by atoms with Crippen molar-refractivity contribution in [3.63, 3.8) is 0 Å². The molecule has 2 rings (SSSR count). The van der Waals surface area contributed by atoms with Crippen LogP contribution in [0.2, 0.25) is 0 Å². The van der Waals surface area contributed by atoms with Crippen molar-refractivity contribution in [3.8, 4) is 5.75 Å². The summed E-state index contributed by atoms with van der Waals surface area (Å²) in [7, 11) is 3.61. The van der Waals surface area contributed by atoms with E-state index in [1.807, 2.05) is 31.3 Å². The molecule has 5 heteroatoms. The molecule has 0 aliphatic carbocycles. The summed E-state index contributed by atoms with van der Waals surface area (Å²) in [4.78, 5) is 14.5. The Morgan fingerprint density at radius 1 is 1.24 bits per heavy atom. The third-order valence-corrected chi connectivity index (χ3v) is 3.92. The van der Waals surface area contributed by atoms with E-state index in [1.54, 1.807) is 38.3 Å². The Morgan fingerprint density at radius 3 is 2.60 bits per heavy atom. The first-order valence-corrected chi connectivity index (χ1v) is 8.39. The Hall–Kier alpha value is -2.37. The molecular formula is C20H26N2O3. The van der Waals surface area contributed by atoms with Crippen LogP contribution in [-0.2, 0) is 6.54 Å². The molecule has 0 bridgehead atoms. The van der Waals surface area contributed by atoms with E-state index >= 15 is 0 Å².